The maximum atomic E-state index is 10.7. The quantitative estimate of drug-likeness (QED) is 0.164. The molecule has 4 aromatic rings. The summed E-state index contributed by atoms with van der Waals surface area (Å²) in [6.07, 6.45) is 2.02. The second kappa shape index (κ2) is 10.3. The lowest BCUT2D eigenvalue weighted by Gasteiger charge is -2.40. The van der Waals surface area contributed by atoms with Crippen molar-refractivity contribution in [2.75, 3.05) is 18.9 Å². The molecular weight excluding hydrogens is 516 g/mol. The molecule has 4 atom stereocenters. The summed E-state index contributed by atoms with van der Waals surface area (Å²) in [5, 5.41) is 42.9. The largest absolute Gasteiger partial charge is 0.395 e. The first kappa shape index (κ1) is 27.0. The summed E-state index contributed by atoms with van der Waals surface area (Å²) < 4.78 is 7.48. The fourth-order valence-electron chi connectivity index (χ4n) is 5.71. The standard InChI is InChI=1S/C27H36N8O5/c1-27(2,11-36)15-4-5-17-18(9-15)33-20(32-17)6-3-14-7-16(8-14)35(39)10-19-22(37)23(38)26(40-19)34-13-31-21-24(28)29-12-30-25(21)34/h4-5,9,12-14,16,19,22-23,26,36-39H,3,6-8,10-11H2,1-2H3,(H,32,33)(H2,28,29,30)/t14?,16?,19-,22-,23-,26-/m1/s1. The van der Waals surface area contributed by atoms with Crippen LogP contribution in [0.1, 0.15) is 50.7 Å². The molecule has 1 aliphatic heterocycles. The Kier molecular flexibility index (Phi) is 6.97. The normalized spacial score (nSPS) is 27.2. The van der Waals surface area contributed by atoms with E-state index in [-0.39, 0.29) is 30.4 Å². The molecule has 0 unspecified atom stereocenters. The molecule has 3 aromatic heterocycles. The van der Waals surface area contributed by atoms with Gasteiger partial charge in [-0.15, -0.1) is 0 Å². The maximum absolute atomic E-state index is 10.7. The monoisotopic (exact) mass is 552 g/mol. The SMILES string of the molecule is CC(C)(CO)c1ccc2nc(CCC3CC(N(O)C[C@H]4O[C@@H](n5cnc6c(N)ncnc65)[C@H](O)[C@@H]4O)C3)[nH]c2c1. The van der Waals surface area contributed by atoms with Gasteiger partial charge in [-0.2, -0.15) is 5.06 Å². The highest BCUT2D eigenvalue weighted by Gasteiger charge is 2.46. The van der Waals surface area contributed by atoms with Gasteiger partial charge in [0.15, 0.2) is 17.7 Å². The lowest BCUT2D eigenvalue weighted by molar-refractivity contribution is -0.185. The molecule has 1 saturated carbocycles. The molecule has 1 aromatic carbocycles. The van der Waals surface area contributed by atoms with Crippen LogP contribution in [0, 0.1) is 5.92 Å². The third-order valence-electron chi connectivity index (χ3n) is 8.49. The molecule has 7 N–H and O–H groups in total. The Morgan fingerprint density at radius 3 is 2.75 bits per heavy atom. The fraction of sp³-hybridized carbons (Fsp3) is 0.556. The number of aromatic amines is 1. The van der Waals surface area contributed by atoms with Crippen LogP contribution in [0.15, 0.2) is 30.9 Å². The average Bonchev–Trinajstić information content (AvgIpc) is 3.60. The van der Waals surface area contributed by atoms with E-state index in [0.29, 0.717) is 17.1 Å². The molecule has 0 spiro atoms. The van der Waals surface area contributed by atoms with E-state index in [1.54, 1.807) is 0 Å². The van der Waals surface area contributed by atoms with E-state index in [0.717, 1.165) is 48.1 Å². The first-order chi connectivity index (χ1) is 19.1. The van der Waals surface area contributed by atoms with E-state index < -0.39 is 24.5 Å². The minimum Gasteiger partial charge on any atom is -0.395 e. The third kappa shape index (κ3) is 4.82. The molecule has 4 heterocycles. The van der Waals surface area contributed by atoms with Crippen molar-refractivity contribution in [3.63, 3.8) is 0 Å². The summed E-state index contributed by atoms with van der Waals surface area (Å²) in [7, 11) is 0. The Labute approximate surface area is 230 Å². The van der Waals surface area contributed by atoms with Crippen LogP contribution in [-0.4, -0.2) is 92.6 Å². The number of rotatable bonds is 9. The predicted molar refractivity (Wildman–Crippen MR) is 145 cm³/mol. The number of aliphatic hydroxyl groups is 3. The Balaban J connectivity index is 1.01. The van der Waals surface area contributed by atoms with Crippen LogP contribution in [0.5, 0.6) is 0 Å². The Morgan fingerprint density at radius 1 is 1.18 bits per heavy atom. The van der Waals surface area contributed by atoms with Crippen molar-refractivity contribution in [1.29, 1.82) is 0 Å². The van der Waals surface area contributed by atoms with Crippen LogP contribution >= 0.6 is 0 Å². The Bertz CT molecular complexity index is 1500. The van der Waals surface area contributed by atoms with Crippen molar-refractivity contribution in [3.8, 4) is 0 Å². The van der Waals surface area contributed by atoms with Crippen LogP contribution in [0.25, 0.3) is 22.2 Å². The van der Waals surface area contributed by atoms with Crippen LogP contribution in [0.4, 0.5) is 5.82 Å². The number of nitrogens with two attached hydrogens (primary N) is 1. The van der Waals surface area contributed by atoms with Crippen LogP contribution in [0.3, 0.4) is 0 Å². The molecular formula is C27H36N8O5. The van der Waals surface area contributed by atoms with Gasteiger partial charge in [0, 0.05) is 17.9 Å². The summed E-state index contributed by atoms with van der Waals surface area (Å²) in [6, 6.07) is 6.02. The van der Waals surface area contributed by atoms with Gasteiger partial charge in [0.1, 0.15) is 36.0 Å². The number of ether oxygens (including phenoxy) is 1. The smallest absolute Gasteiger partial charge is 0.167 e. The number of benzene rings is 1. The molecule has 40 heavy (non-hydrogen) atoms. The molecule has 214 valence electrons. The van der Waals surface area contributed by atoms with E-state index in [2.05, 4.69) is 26.0 Å². The van der Waals surface area contributed by atoms with Crippen LogP contribution < -0.4 is 5.73 Å². The Hall–Kier alpha value is -3.20. The van der Waals surface area contributed by atoms with Crippen LogP contribution in [0.2, 0.25) is 0 Å². The number of hydroxylamine groups is 2. The van der Waals surface area contributed by atoms with Crippen molar-refractivity contribution in [2.24, 2.45) is 5.92 Å². The van der Waals surface area contributed by atoms with E-state index in [4.69, 9.17) is 15.5 Å². The highest BCUT2D eigenvalue weighted by Crippen LogP contribution is 2.37. The number of imidazole rings is 2. The van der Waals surface area contributed by atoms with Gasteiger partial charge < -0.3 is 36.0 Å². The van der Waals surface area contributed by atoms with E-state index in [1.807, 2.05) is 26.0 Å². The van der Waals surface area contributed by atoms with Crippen molar-refractivity contribution in [2.45, 2.75) is 75.5 Å². The first-order valence-corrected chi connectivity index (χ1v) is 13.6. The fourth-order valence-corrected chi connectivity index (χ4v) is 5.71. The van der Waals surface area contributed by atoms with Gasteiger partial charge in [0.05, 0.1) is 30.5 Å². The molecule has 1 saturated heterocycles. The zero-order valence-electron chi connectivity index (χ0n) is 22.6. The number of nitrogens with one attached hydrogen (secondary N) is 1. The minimum atomic E-state index is -1.23. The second-order valence-corrected chi connectivity index (χ2v) is 11.7. The molecule has 0 radical (unpaired) electrons. The van der Waals surface area contributed by atoms with E-state index >= 15 is 0 Å². The van der Waals surface area contributed by atoms with Crippen molar-refractivity contribution >= 4 is 28.0 Å². The number of hydrogen-bond acceptors (Lipinski definition) is 11. The average molecular weight is 553 g/mol. The molecule has 0 bridgehead atoms. The summed E-state index contributed by atoms with van der Waals surface area (Å²) in [5.41, 5.74) is 9.27. The van der Waals surface area contributed by atoms with Crippen molar-refractivity contribution in [3.05, 3.63) is 42.2 Å². The molecule has 13 heteroatoms. The lowest BCUT2D eigenvalue weighted by Crippen LogP contribution is -2.48. The van der Waals surface area contributed by atoms with Gasteiger partial charge in [-0.05, 0) is 42.9 Å². The topological polar surface area (TPSA) is 192 Å². The molecule has 13 nitrogen and oxygen atoms in total. The van der Waals surface area contributed by atoms with Gasteiger partial charge in [-0.25, -0.2) is 19.9 Å². The number of fused-ring (bicyclic) bond motifs is 2. The van der Waals surface area contributed by atoms with Crippen molar-refractivity contribution in [1.82, 2.24) is 34.6 Å². The highest BCUT2D eigenvalue weighted by atomic mass is 16.6. The second-order valence-electron chi connectivity index (χ2n) is 11.7. The summed E-state index contributed by atoms with van der Waals surface area (Å²) >= 11 is 0. The van der Waals surface area contributed by atoms with Gasteiger partial charge in [0.2, 0.25) is 0 Å². The minimum absolute atomic E-state index is 0.0439. The Morgan fingerprint density at radius 2 is 1.98 bits per heavy atom. The van der Waals surface area contributed by atoms with Gasteiger partial charge in [0.25, 0.3) is 0 Å². The molecule has 2 aliphatic rings. The molecule has 2 fully saturated rings. The highest BCUT2D eigenvalue weighted by molar-refractivity contribution is 5.81. The number of aromatic nitrogens is 6. The van der Waals surface area contributed by atoms with Gasteiger partial charge >= 0.3 is 0 Å². The van der Waals surface area contributed by atoms with Crippen LogP contribution in [-0.2, 0) is 16.6 Å². The number of hydrogen-bond donors (Lipinski definition) is 6. The van der Waals surface area contributed by atoms with E-state index in [1.165, 1.54) is 22.3 Å². The molecule has 1 aliphatic carbocycles. The number of anilines is 1. The zero-order chi connectivity index (χ0) is 28.2. The number of nitrogens with zero attached hydrogens (tertiary/aromatic N) is 6. The van der Waals surface area contributed by atoms with Gasteiger partial charge in [-0.3, -0.25) is 4.57 Å². The lowest BCUT2D eigenvalue weighted by atomic mass is 9.77. The number of aliphatic hydroxyl groups excluding tert-OH is 3. The third-order valence-corrected chi connectivity index (χ3v) is 8.49. The summed E-state index contributed by atoms with van der Waals surface area (Å²) in [5.74, 6) is 1.60. The summed E-state index contributed by atoms with van der Waals surface area (Å²) in [6.45, 7) is 4.16. The first-order valence-electron chi connectivity index (χ1n) is 13.6. The number of aryl methyl sites for hydroxylation is 1. The number of H-pyrrole nitrogens is 1. The maximum Gasteiger partial charge on any atom is 0.167 e. The molecule has 6 rings (SSSR count). The predicted octanol–water partition coefficient (Wildman–Crippen LogP) is 1.28. The van der Waals surface area contributed by atoms with Gasteiger partial charge in [-0.1, -0.05) is 19.9 Å². The molecule has 0 amide bonds. The zero-order valence-corrected chi connectivity index (χ0v) is 22.6. The summed E-state index contributed by atoms with van der Waals surface area (Å²) in [4.78, 5) is 20.4. The van der Waals surface area contributed by atoms with Crippen molar-refractivity contribution < 1.29 is 25.3 Å². The van der Waals surface area contributed by atoms with E-state index in [9.17, 15) is 20.5 Å². The number of nitrogen functional groups attached to an aromatic ring is 1.